The van der Waals surface area contributed by atoms with Gasteiger partial charge in [0.2, 0.25) is 0 Å². The predicted octanol–water partition coefficient (Wildman–Crippen LogP) is 4.19. The first kappa shape index (κ1) is 16.8. The third-order valence-corrected chi connectivity index (χ3v) is 5.63. The van der Waals surface area contributed by atoms with E-state index in [-0.39, 0.29) is 12.2 Å². The number of halogens is 1. The van der Waals surface area contributed by atoms with Crippen LogP contribution in [0.3, 0.4) is 0 Å². The Balaban J connectivity index is 2.11. The molecule has 0 fully saturated rings. The number of para-hydroxylation sites is 2. The molecule has 0 aromatic heterocycles. The monoisotopic (exact) mass is 349 g/mol. The van der Waals surface area contributed by atoms with E-state index in [4.69, 9.17) is 5.73 Å². The number of fused-ring (bicyclic) bond motifs is 1. The molecule has 0 atom stereocenters. The smallest absolute Gasteiger partial charge is 0.148 e. The Bertz CT molecular complexity index is 782. The van der Waals surface area contributed by atoms with Gasteiger partial charge in [-0.05, 0) is 47.7 Å². The molecule has 2 aromatic carbocycles. The second-order valence-electron chi connectivity index (χ2n) is 5.50. The maximum Gasteiger partial charge on any atom is 0.148 e. The Hall–Kier alpha value is -2.06. The first-order valence-corrected chi connectivity index (χ1v) is 8.99. The van der Waals surface area contributed by atoms with Crippen molar-refractivity contribution in [3.8, 4) is 0 Å². The lowest BCUT2D eigenvalue weighted by Crippen LogP contribution is -2.31. The minimum Gasteiger partial charge on any atom is -0.327 e. The molecule has 0 amide bonds. The van der Waals surface area contributed by atoms with E-state index >= 15 is 0 Å². The van der Waals surface area contributed by atoms with Crippen LogP contribution in [0.1, 0.15) is 5.56 Å². The molecule has 0 radical (unpaired) electrons. The number of hydrogen-bond donors (Lipinski definition) is 3. The maximum atomic E-state index is 14.5. The van der Waals surface area contributed by atoms with Crippen molar-refractivity contribution >= 4 is 28.0 Å². The fourth-order valence-corrected chi connectivity index (χ4v) is 4.44. The van der Waals surface area contributed by atoms with Crippen LogP contribution in [0.25, 0.3) is 0 Å². The highest BCUT2D eigenvalue weighted by molar-refractivity contribution is 8.27. The average Bonchev–Trinajstić information content (AvgIpc) is 2.76. The van der Waals surface area contributed by atoms with Gasteiger partial charge in [-0.3, -0.25) is 9.11 Å². The van der Waals surface area contributed by atoms with Gasteiger partial charge in [0, 0.05) is 6.54 Å². The lowest BCUT2D eigenvalue weighted by molar-refractivity contribution is 0.485. The third kappa shape index (κ3) is 2.76. The highest BCUT2D eigenvalue weighted by Crippen LogP contribution is 2.64. The zero-order valence-corrected chi connectivity index (χ0v) is 14.1. The van der Waals surface area contributed by atoms with Crippen LogP contribution in [0.5, 0.6) is 0 Å². The van der Waals surface area contributed by atoms with Gasteiger partial charge in [0.25, 0.3) is 0 Å². The second-order valence-corrected chi connectivity index (χ2v) is 7.28. The minimum absolute atomic E-state index is 0.137. The summed E-state index contributed by atoms with van der Waals surface area (Å²) in [4.78, 5) is 0. The molecule has 0 saturated heterocycles. The zero-order chi connectivity index (χ0) is 17.3. The number of rotatable bonds is 4. The second kappa shape index (κ2) is 6.45. The summed E-state index contributed by atoms with van der Waals surface area (Å²) in [6, 6.07) is 11.8. The highest BCUT2D eigenvalue weighted by Gasteiger charge is 2.41. The Morgan fingerprint density at radius 2 is 1.79 bits per heavy atom. The van der Waals surface area contributed by atoms with Crippen LogP contribution in [-0.4, -0.2) is 22.2 Å². The van der Waals surface area contributed by atoms with Crippen LogP contribution in [0.2, 0.25) is 0 Å². The van der Waals surface area contributed by atoms with Gasteiger partial charge in [-0.25, -0.2) is 13.0 Å². The summed E-state index contributed by atoms with van der Waals surface area (Å²) in [7, 11) is -3.42. The molecule has 24 heavy (non-hydrogen) atoms. The summed E-state index contributed by atoms with van der Waals surface area (Å²) >= 11 is 0. The van der Waals surface area contributed by atoms with Crippen LogP contribution in [0.15, 0.2) is 54.6 Å². The van der Waals surface area contributed by atoms with E-state index < -0.39 is 16.8 Å². The molecule has 2 aromatic rings. The molecule has 5 nitrogen and oxygen atoms in total. The fourth-order valence-electron chi connectivity index (χ4n) is 2.71. The summed E-state index contributed by atoms with van der Waals surface area (Å²) in [6.07, 6.45) is 3.51. The van der Waals surface area contributed by atoms with Crippen molar-refractivity contribution in [1.82, 2.24) is 0 Å². The van der Waals surface area contributed by atoms with E-state index in [1.165, 1.54) is 14.7 Å². The van der Waals surface area contributed by atoms with Gasteiger partial charge in [0.15, 0.2) is 0 Å². The molecule has 7 heteroatoms. The Morgan fingerprint density at radius 1 is 1.08 bits per heavy atom. The van der Waals surface area contributed by atoms with E-state index in [1.807, 2.05) is 6.07 Å². The average molecular weight is 349 g/mol. The van der Waals surface area contributed by atoms with Gasteiger partial charge < -0.3 is 5.73 Å². The first-order chi connectivity index (χ1) is 11.5. The molecular weight excluding hydrogens is 329 g/mol. The lowest BCUT2D eigenvalue weighted by Gasteiger charge is -2.43. The first-order valence-electron chi connectivity index (χ1n) is 7.53. The number of benzene rings is 2. The summed E-state index contributed by atoms with van der Waals surface area (Å²) in [5.41, 5.74) is 7.54. The van der Waals surface area contributed by atoms with Gasteiger partial charge in [0.05, 0.1) is 17.9 Å². The van der Waals surface area contributed by atoms with E-state index in [1.54, 1.807) is 49.4 Å². The summed E-state index contributed by atoms with van der Waals surface area (Å²) < 4.78 is 38.9. The van der Waals surface area contributed by atoms with Crippen molar-refractivity contribution < 1.29 is 13.5 Å². The molecule has 128 valence electrons. The van der Waals surface area contributed by atoms with Crippen LogP contribution >= 0.6 is 11.0 Å². The minimum atomic E-state index is -3.42. The normalized spacial score (nSPS) is 17.4. The molecule has 1 aliphatic heterocycles. The summed E-state index contributed by atoms with van der Waals surface area (Å²) in [6.45, 7) is 2.41. The van der Waals surface area contributed by atoms with Crippen LogP contribution < -0.4 is 14.3 Å². The largest absolute Gasteiger partial charge is 0.327 e. The number of hydrogen-bond acceptors (Lipinski definition) is 5. The Kier molecular flexibility index (Phi) is 4.51. The number of aryl methyl sites for hydroxylation is 1. The Morgan fingerprint density at radius 3 is 2.46 bits per heavy atom. The van der Waals surface area contributed by atoms with E-state index in [2.05, 4.69) is 0 Å². The molecule has 0 unspecified atom stereocenters. The molecule has 0 bridgehead atoms. The fraction of sp³-hybridized carbons (Fsp3) is 0.176. The van der Waals surface area contributed by atoms with Crippen molar-refractivity contribution in [1.29, 1.82) is 0 Å². The van der Waals surface area contributed by atoms with Crippen LogP contribution in [0.4, 0.5) is 21.5 Å². The van der Waals surface area contributed by atoms with Crippen molar-refractivity contribution in [3.05, 3.63) is 66.0 Å². The van der Waals surface area contributed by atoms with E-state index in [0.29, 0.717) is 17.9 Å². The molecule has 0 aliphatic carbocycles. The molecule has 3 rings (SSSR count). The SMILES string of the molecule is Cc1ccc(N2c3ccccc3N(C/C=C\CN)S2(O)O)c(F)c1. The van der Waals surface area contributed by atoms with Gasteiger partial charge in [-0.15, -0.1) is 0 Å². The van der Waals surface area contributed by atoms with E-state index in [0.717, 1.165) is 5.56 Å². The van der Waals surface area contributed by atoms with Crippen molar-refractivity contribution in [2.75, 3.05) is 21.7 Å². The molecule has 4 N–H and O–H groups in total. The van der Waals surface area contributed by atoms with Crippen LogP contribution in [-0.2, 0) is 0 Å². The maximum absolute atomic E-state index is 14.5. The summed E-state index contributed by atoms with van der Waals surface area (Å²) in [5, 5.41) is 0. The standard InChI is InChI=1S/C17H20FN3O2S/c1-13-8-9-15(14(18)12-13)21-17-7-3-2-6-16(17)20(24(21,22)23)11-5-4-10-19/h2-9,12,22-23H,10-11,19H2,1H3/b5-4-. The number of nitrogens with zero attached hydrogens (tertiary/aromatic N) is 2. The van der Waals surface area contributed by atoms with Crippen LogP contribution in [0, 0.1) is 12.7 Å². The van der Waals surface area contributed by atoms with Crippen molar-refractivity contribution in [2.45, 2.75) is 6.92 Å². The van der Waals surface area contributed by atoms with E-state index in [9.17, 15) is 13.5 Å². The Labute approximate surface area is 142 Å². The third-order valence-electron chi connectivity index (χ3n) is 3.81. The topological polar surface area (TPSA) is 73.0 Å². The van der Waals surface area contributed by atoms with Gasteiger partial charge in [0.1, 0.15) is 11.5 Å². The molecular formula is C17H20FN3O2S. The zero-order valence-electron chi connectivity index (χ0n) is 13.3. The van der Waals surface area contributed by atoms with Crippen molar-refractivity contribution in [3.63, 3.8) is 0 Å². The number of nitrogens with two attached hydrogens (primary N) is 1. The molecule has 1 aliphatic rings. The molecule has 1 heterocycles. The molecule has 0 spiro atoms. The quantitative estimate of drug-likeness (QED) is 0.722. The van der Waals surface area contributed by atoms with Gasteiger partial charge >= 0.3 is 0 Å². The lowest BCUT2D eigenvalue weighted by atomic mass is 10.2. The molecule has 0 saturated carbocycles. The van der Waals surface area contributed by atoms with Gasteiger partial charge in [-0.2, -0.15) is 0 Å². The van der Waals surface area contributed by atoms with Gasteiger partial charge in [-0.1, -0.05) is 30.4 Å². The highest BCUT2D eigenvalue weighted by atomic mass is 32.3. The van der Waals surface area contributed by atoms with Crippen molar-refractivity contribution in [2.24, 2.45) is 5.73 Å². The number of anilines is 3. The summed E-state index contributed by atoms with van der Waals surface area (Å²) in [5.74, 6) is -0.496. The predicted molar refractivity (Wildman–Crippen MR) is 98.1 cm³/mol.